The number of aromatic hydroxyl groups is 1. The Kier molecular flexibility index (Phi) is 4.65. The SMILES string of the molecule is C[C@]12C[C@H](CCl)[C@@H]3c4ccc(O)cc4CC[C@H]3[C@@H]1CC[C@@]2(O)/C=C\I. The van der Waals surface area contributed by atoms with Crippen LogP contribution >= 0.6 is 34.2 Å². The van der Waals surface area contributed by atoms with E-state index in [9.17, 15) is 10.2 Å². The van der Waals surface area contributed by atoms with Crippen LogP contribution in [0.2, 0.25) is 0 Å². The topological polar surface area (TPSA) is 40.5 Å². The maximum Gasteiger partial charge on any atom is 0.115 e. The van der Waals surface area contributed by atoms with Crippen LogP contribution in [0, 0.1) is 23.2 Å². The van der Waals surface area contributed by atoms with E-state index in [-0.39, 0.29) is 5.41 Å². The third kappa shape index (κ3) is 2.60. The second kappa shape index (κ2) is 6.42. The van der Waals surface area contributed by atoms with Crippen LogP contribution in [-0.4, -0.2) is 21.7 Å². The Bertz CT molecular complexity index is 705. The van der Waals surface area contributed by atoms with Gasteiger partial charge in [0.2, 0.25) is 0 Å². The summed E-state index contributed by atoms with van der Waals surface area (Å²) in [6.07, 6.45) is 7.10. The lowest BCUT2D eigenvalue weighted by atomic mass is 9.50. The Morgan fingerprint density at radius 2 is 2.16 bits per heavy atom. The molecule has 136 valence electrons. The van der Waals surface area contributed by atoms with Crippen LogP contribution in [0.15, 0.2) is 28.4 Å². The Labute approximate surface area is 168 Å². The summed E-state index contributed by atoms with van der Waals surface area (Å²) in [5.74, 6) is 2.96. The van der Waals surface area contributed by atoms with Gasteiger partial charge in [0, 0.05) is 11.3 Å². The average Bonchev–Trinajstić information content (AvgIpc) is 2.85. The van der Waals surface area contributed by atoms with Gasteiger partial charge in [-0.25, -0.2) is 0 Å². The van der Waals surface area contributed by atoms with E-state index in [1.54, 1.807) is 0 Å². The summed E-state index contributed by atoms with van der Waals surface area (Å²) in [4.78, 5) is 0. The molecule has 4 rings (SSSR count). The fraction of sp³-hybridized carbons (Fsp3) is 0.619. The molecular formula is C21H26ClIO2. The summed E-state index contributed by atoms with van der Waals surface area (Å²) in [6, 6.07) is 5.88. The van der Waals surface area contributed by atoms with Crippen molar-refractivity contribution in [2.45, 2.75) is 50.5 Å². The van der Waals surface area contributed by atoms with Crippen LogP contribution in [0.3, 0.4) is 0 Å². The molecule has 0 aliphatic heterocycles. The molecule has 3 aliphatic rings. The molecule has 0 radical (unpaired) electrons. The number of hydrogen-bond donors (Lipinski definition) is 2. The smallest absolute Gasteiger partial charge is 0.115 e. The molecule has 0 aromatic heterocycles. The number of benzene rings is 1. The molecule has 3 aliphatic carbocycles. The van der Waals surface area contributed by atoms with Crippen molar-refractivity contribution < 1.29 is 10.2 Å². The van der Waals surface area contributed by atoms with Crippen molar-refractivity contribution >= 4 is 34.2 Å². The first kappa shape index (κ1) is 18.1. The van der Waals surface area contributed by atoms with Crippen molar-refractivity contribution in [2.75, 3.05) is 5.88 Å². The Balaban J connectivity index is 1.78. The quantitative estimate of drug-likeness (QED) is 0.447. The Hall–Kier alpha value is -0.260. The molecule has 2 saturated carbocycles. The van der Waals surface area contributed by atoms with Crippen molar-refractivity contribution in [3.63, 3.8) is 0 Å². The van der Waals surface area contributed by atoms with Crippen LogP contribution in [0.1, 0.15) is 49.7 Å². The van der Waals surface area contributed by atoms with E-state index in [0.29, 0.717) is 35.3 Å². The zero-order valence-electron chi connectivity index (χ0n) is 14.6. The summed E-state index contributed by atoms with van der Waals surface area (Å²) in [7, 11) is 0. The van der Waals surface area contributed by atoms with Crippen molar-refractivity contribution in [2.24, 2.45) is 23.2 Å². The van der Waals surface area contributed by atoms with Gasteiger partial charge in [0.1, 0.15) is 5.75 Å². The Morgan fingerprint density at radius 1 is 1.36 bits per heavy atom. The first-order chi connectivity index (χ1) is 11.9. The van der Waals surface area contributed by atoms with E-state index in [2.05, 4.69) is 35.6 Å². The number of halogens is 2. The van der Waals surface area contributed by atoms with Gasteiger partial charge in [-0.1, -0.05) is 35.6 Å². The standard InChI is InChI=1S/C21H26ClIO2/c1-20-11-14(12-22)19-16-5-3-15(24)10-13(16)2-4-17(19)18(20)6-7-21(20,25)8-9-23/h3,5,8-10,14,17-19,24-25H,2,4,6-7,11-12H2,1H3/b9-8-/t14-,17+,18+,19-,20+,21-/m1/s1. The lowest BCUT2D eigenvalue weighted by Crippen LogP contribution is -2.53. The highest BCUT2D eigenvalue weighted by Crippen LogP contribution is 2.66. The maximum atomic E-state index is 11.4. The number of phenolic OH excluding ortho intramolecular Hbond substituents is 1. The van der Waals surface area contributed by atoms with E-state index in [1.807, 2.05) is 22.3 Å². The fourth-order valence-corrected chi connectivity index (χ4v) is 7.33. The van der Waals surface area contributed by atoms with Crippen molar-refractivity contribution in [3.8, 4) is 5.75 Å². The monoisotopic (exact) mass is 472 g/mol. The summed E-state index contributed by atoms with van der Waals surface area (Å²) in [5.41, 5.74) is 1.88. The fourth-order valence-electron chi connectivity index (χ4n) is 6.44. The molecule has 4 heteroatoms. The van der Waals surface area contributed by atoms with Crippen LogP contribution in [0.4, 0.5) is 0 Å². The molecule has 0 unspecified atom stereocenters. The summed E-state index contributed by atoms with van der Waals surface area (Å²) in [6.45, 7) is 2.30. The minimum Gasteiger partial charge on any atom is -0.508 e. The van der Waals surface area contributed by atoms with E-state index < -0.39 is 5.60 Å². The highest BCUT2D eigenvalue weighted by molar-refractivity contribution is 14.1. The van der Waals surface area contributed by atoms with E-state index in [0.717, 1.165) is 32.1 Å². The molecule has 0 amide bonds. The Morgan fingerprint density at radius 3 is 2.88 bits per heavy atom. The minimum atomic E-state index is -0.705. The molecule has 25 heavy (non-hydrogen) atoms. The number of hydrogen-bond acceptors (Lipinski definition) is 2. The molecule has 2 nitrogen and oxygen atoms in total. The predicted molar refractivity (Wildman–Crippen MR) is 110 cm³/mol. The number of alkyl halides is 1. The normalized spacial score (nSPS) is 42.9. The molecule has 2 N–H and O–H groups in total. The molecular weight excluding hydrogens is 447 g/mol. The molecule has 6 atom stereocenters. The van der Waals surface area contributed by atoms with Crippen LogP contribution in [0.5, 0.6) is 5.75 Å². The van der Waals surface area contributed by atoms with Crippen LogP contribution < -0.4 is 0 Å². The van der Waals surface area contributed by atoms with E-state index >= 15 is 0 Å². The lowest BCUT2D eigenvalue weighted by molar-refractivity contribution is -0.0860. The third-order valence-electron chi connectivity index (χ3n) is 7.59. The molecule has 0 bridgehead atoms. The van der Waals surface area contributed by atoms with Gasteiger partial charge in [-0.05, 0) is 89.2 Å². The van der Waals surface area contributed by atoms with Gasteiger partial charge in [0.25, 0.3) is 0 Å². The van der Waals surface area contributed by atoms with Crippen molar-refractivity contribution in [1.29, 1.82) is 0 Å². The first-order valence-electron chi connectivity index (χ1n) is 9.31. The zero-order chi connectivity index (χ0) is 17.8. The zero-order valence-corrected chi connectivity index (χ0v) is 17.5. The first-order valence-corrected chi connectivity index (χ1v) is 11.1. The van der Waals surface area contributed by atoms with E-state index in [4.69, 9.17) is 11.6 Å². The molecule has 1 aromatic rings. The van der Waals surface area contributed by atoms with Crippen LogP contribution in [-0.2, 0) is 6.42 Å². The number of phenols is 1. The molecule has 0 spiro atoms. The van der Waals surface area contributed by atoms with Crippen molar-refractivity contribution in [1.82, 2.24) is 0 Å². The second-order valence-electron chi connectivity index (χ2n) is 8.51. The summed E-state index contributed by atoms with van der Waals surface area (Å²) < 4.78 is 1.98. The number of fused-ring (bicyclic) bond motifs is 5. The number of aliphatic hydroxyl groups is 1. The molecule has 0 saturated heterocycles. The van der Waals surface area contributed by atoms with Gasteiger partial charge in [-0.3, -0.25) is 0 Å². The van der Waals surface area contributed by atoms with Gasteiger partial charge in [-0.2, -0.15) is 0 Å². The van der Waals surface area contributed by atoms with Crippen molar-refractivity contribution in [3.05, 3.63) is 39.5 Å². The van der Waals surface area contributed by atoms with Gasteiger partial charge in [0.15, 0.2) is 0 Å². The number of aryl methyl sites for hydroxylation is 1. The van der Waals surface area contributed by atoms with Gasteiger partial charge in [-0.15, -0.1) is 11.6 Å². The van der Waals surface area contributed by atoms with Gasteiger partial charge in [0.05, 0.1) is 5.60 Å². The highest BCUT2D eigenvalue weighted by Gasteiger charge is 2.62. The van der Waals surface area contributed by atoms with E-state index in [1.165, 1.54) is 11.1 Å². The predicted octanol–water partition coefficient (Wildman–Crippen LogP) is 5.39. The average molecular weight is 473 g/mol. The summed E-state index contributed by atoms with van der Waals surface area (Å²) in [5, 5.41) is 21.3. The van der Waals surface area contributed by atoms with Gasteiger partial charge < -0.3 is 10.2 Å². The minimum absolute atomic E-state index is 0.0934. The van der Waals surface area contributed by atoms with Crippen LogP contribution in [0.25, 0.3) is 0 Å². The van der Waals surface area contributed by atoms with Gasteiger partial charge >= 0.3 is 0 Å². The highest BCUT2D eigenvalue weighted by atomic mass is 127. The summed E-state index contributed by atoms with van der Waals surface area (Å²) >= 11 is 8.69. The third-order valence-corrected chi connectivity index (χ3v) is 8.34. The number of rotatable bonds is 2. The lowest BCUT2D eigenvalue weighted by Gasteiger charge is -2.55. The maximum absolute atomic E-state index is 11.4. The second-order valence-corrected chi connectivity index (χ2v) is 9.54. The largest absolute Gasteiger partial charge is 0.508 e. The molecule has 2 fully saturated rings. The molecule has 1 aromatic carbocycles. The molecule has 0 heterocycles.